The standard InChI is InChI=1S/C11H19IN2O2/c1-3-9(11(13)16)14-6-8(4-7(2)12)5-10(14)15/h7-9H,3-6H2,1-2H3,(H2,13,16). The van der Waals surface area contributed by atoms with Gasteiger partial charge in [0.25, 0.3) is 0 Å². The molecule has 3 unspecified atom stereocenters. The number of rotatable bonds is 5. The third-order valence-corrected chi connectivity index (χ3v) is 3.50. The highest BCUT2D eigenvalue weighted by Gasteiger charge is 2.35. The summed E-state index contributed by atoms with van der Waals surface area (Å²) in [7, 11) is 0. The van der Waals surface area contributed by atoms with Crippen molar-refractivity contribution in [3.63, 3.8) is 0 Å². The third kappa shape index (κ3) is 3.33. The smallest absolute Gasteiger partial charge is 0.240 e. The molecule has 1 rings (SSSR count). The van der Waals surface area contributed by atoms with Crippen LogP contribution in [0.2, 0.25) is 0 Å². The van der Waals surface area contributed by atoms with E-state index in [0.29, 0.717) is 29.2 Å². The summed E-state index contributed by atoms with van der Waals surface area (Å²) in [6, 6.07) is -0.415. The number of carbonyl (C=O) groups excluding carboxylic acids is 2. The van der Waals surface area contributed by atoms with E-state index in [0.717, 1.165) is 6.42 Å². The van der Waals surface area contributed by atoms with E-state index in [1.54, 1.807) is 4.90 Å². The molecule has 2 amide bonds. The Balaban J connectivity index is 2.63. The van der Waals surface area contributed by atoms with Crippen molar-refractivity contribution in [1.82, 2.24) is 4.90 Å². The number of primary amides is 1. The van der Waals surface area contributed by atoms with Gasteiger partial charge in [0.05, 0.1) is 0 Å². The van der Waals surface area contributed by atoms with Crippen LogP contribution in [0.4, 0.5) is 0 Å². The predicted octanol–water partition coefficient (Wildman–Crippen LogP) is 1.31. The number of nitrogens with two attached hydrogens (primary N) is 1. The van der Waals surface area contributed by atoms with Gasteiger partial charge in [-0.1, -0.05) is 36.4 Å². The first kappa shape index (κ1) is 13.7. The molecule has 0 saturated carbocycles. The Morgan fingerprint density at radius 1 is 1.69 bits per heavy atom. The SMILES string of the molecule is CCC(C(N)=O)N1CC(CC(C)I)CC1=O. The maximum absolute atomic E-state index is 11.8. The highest BCUT2D eigenvalue weighted by Crippen LogP contribution is 2.26. The van der Waals surface area contributed by atoms with E-state index in [1.807, 2.05) is 6.92 Å². The van der Waals surface area contributed by atoms with Crippen LogP contribution in [0.5, 0.6) is 0 Å². The summed E-state index contributed by atoms with van der Waals surface area (Å²) >= 11 is 2.36. The Morgan fingerprint density at radius 2 is 2.31 bits per heavy atom. The molecule has 0 aliphatic carbocycles. The molecule has 4 nitrogen and oxygen atoms in total. The monoisotopic (exact) mass is 338 g/mol. The maximum Gasteiger partial charge on any atom is 0.240 e. The quantitative estimate of drug-likeness (QED) is 0.607. The summed E-state index contributed by atoms with van der Waals surface area (Å²) in [5, 5.41) is 0. The van der Waals surface area contributed by atoms with Gasteiger partial charge in [0.15, 0.2) is 0 Å². The predicted molar refractivity (Wildman–Crippen MR) is 71.2 cm³/mol. The third-order valence-electron chi connectivity index (χ3n) is 2.99. The highest BCUT2D eigenvalue weighted by molar-refractivity contribution is 14.1. The zero-order valence-corrected chi connectivity index (χ0v) is 11.9. The molecular formula is C11H19IN2O2. The summed E-state index contributed by atoms with van der Waals surface area (Å²) < 4.78 is 0.559. The van der Waals surface area contributed by atoms with E-state index in [-0.39, 0.29) is 11.8 Å². The van der Waals surface area contributed by atoms with Gasteiger partial charge in [-0.3, -0.25) is 9.59 Å². The Bertz CT molecular complexity index is 281. The second-order valence-electron chi connectivity index (χ2n) is 4.46. The molecule has 0 aromatic carbocycles. The van der Waals surface area contributed by atoms with Crippen molar-refractivity contribution in [2.75, 3.05) is 6.54 Å². The fraction of sp³-hybridized carbons (Fsp3) is 0.818. The molecule has 1 saturated heterocycles. The van der Waals surface area contributed by atoms with Gasteiger partial charge in [-0.05, 0) is 18.8 Å². The van der Waals surface area contributed by atoms with Crippen LogP contribution in [0.1, 0.15) is 33.1 Å². The van der Waals surface area contributed by atoms with Crippen molar-refractivity contribution in [2.24, 2.45) is 11.7 Å². The number of nitrogens with zero attached hydrogens (tertiary/aromatic N) is 1. The fourth-order valence-electron chi connectivity index (χ4n) is 2.30. The average molecular weight is 338 g/mol. The summed E-state index contributed by atoms with van der Waals surface area (Å²) in [4.78, 5) is 24.7. The van der Waals surface area contributed by atoms with Crippen molar-refractivity contribution in [3.8, 4) is 0 Å². The molecule has 5 heteroatoms. The van der Waals surface area contributed by atoms with Crippen LogP contribution in [-0.2, 0) is 9.59 Å². The summed E-state index contributed by atoms with van der Waals surface area (Å²) in [6.07, 6.45) is 2.20. The van der Waals surface area contributed by atoms with Gasteiger partial charge in [-0.25, -0.2) is 0 Å². The molecule has 1 aliphatic rings. The molecular weight excluding hydrogens is 319 g/mol. The lowest BCUT2D eigenvalue weighted by Gasteiger charge is -2.24. The van der Waals surface area contributed by atoms with Gasteiger partial charge in [0.2, 0.25) is 11.8 Å². The topological polar surface area (TPSA) is 63.4 Å². The van der Waals surface area contributed by atoms with Crippen LogP contribution in [0.3, 0.4) is 0 Å². The number of halogens is 1. The van der Waals surface area contributed by atoms with Gasteiger partial charge in [-0.15, -0.1) is 0 Å². The Morgan fingerprint density at radius 3 is 2.75 bits per heavy atom. The number of hydrogen-bond donors (Lipinski definition) is 1. The van der Waals surface area contributed by atoms with Gasteiger partial charge >= 0.3 is 0 Å². The number of likely N-dealkylation sites (tertiary alicyclic amines) is 1. The highest BCUT2D eigenvalue weighted by atomic mass is 127. The van der Waals surface area contributed by atoms with E-state index in [4.69, 9.17) is 5.73 Å². The van der Waals surface area contributed by atoms with Crippen molar-refractivity contribution in [1.29, 1.82) is 0 Å². The zero-order chi connectivity index (χ0) is 12.3. The normalized spacial score (nSPS) is 24.6. The van der Waals surface area contributed by atoms with Crippen LogP contribution in [-0.4, -0.2) is 33.2 Å². The fourth-order valence-corrected chi connectivity index (χ4v) is 3.02. The first-order valence-corrected chi connectivity index (χ1v) is 6.93. The van der Waals surface area contributed by atoms with Gasteiger partial charge in [0.1, 0.15) is 6.04 Å². The minimum Gasteiger partial charge on any atom is -0.368 e. The molecule has 3 atom stereocenters. The van der Waals surface area contributed by atoms with Crippen LogP contribution in [0, 0.1) is 5.92 Å². The summed E-state index contributed by atoms with van der Waals surface area (Å²) in [5.74, 6) is 0.0690. The summed E-state index contributed by atoms with van der Waals surface area (Å²) in [5.41, 5.74) is 5.30. The second kappa shape index (κ2) is 5.84. The largest absolute Gasteiger partial charge is 0.368 e. The van der Waals surface area contributed by atoms with E-state index in [9.17, 15) is 9.59 Å². The number of amides is 2. The first-order chi connectivity index (χ1) is 7.45. The van der Waals surface area contributed by atoms with E-state index < -0.39 is 6.04 Å². The van der Waals surface area contributed by atoms with Gasteiger partial charge in [-0.2, -0.15) is 0 Å². The Hall–Kier alpha value is -0.330. The number of carbonyl (C=O) groups is 2. The second-order valence-corrected chi connectivity index (χ2v) is 6.59. The first-order valence-electron chi connectivity index (χ1n) is 5.68. The molecule has 1 aliphatic heterocycles. The van der Waals surface area contributed by atoms with Gasteiger partial charge in [0, 0.05) is 16.9 Å². The minimum atomic E-state index is -0.415. The Labute approximate surface area is 110 Å². The van der Waals surface area contributed by atoms with Crippen LogP contribution in [0.15, 0.2) is 0 Å². The molecule has 0 aromatic rings. The van der Waals surface area contributed by atoms with Crippen molar-refractivity contribution >= 4 is 34.4 Å². The van der Waals surface area contributed by atoms with Crippen LogP contribution in [0.25, 0.3) is 0 Å². The van der Waals surface area contributed by atoms with E-state index >= 15 is 0 Å². The molecule has 0 spiro atoms. The molecule has 0 radical (unpaired) electrons. The lowest BCUT2D eigenvalue weighted by Crippen LogP contribution is -2.45. The maximum atomic E-state index is 11.8. The zero-order valence-electron chi connectivity index (χ0n) is 9.78. The van der Waals surface area contributed by atoms with E-state index in [2.05, 4.69) is 29.5 Å². The van der Waals surface area contributed by atoms with Crippen LogP contribution >= 0.6 is 22.6 Å². The molecule has 1 fully saturated rings. The number of alkyl halides is 1. The molecule has 2 N–H and O–H groups in total. The minimum absolute atomic E-state index is 0.0766. The molecule has 92 valence electrons. The lowest BCUT2D eigenvalue weighted by molar-refractivity contribution is -0.136. The molecule has 1 heterocycles. The Kier molecular flexibility index (Phi) is 5.01. The molecule has 16 heavy (non-hydrogen) atoms. The van der Waals surface area contributed by atoms with Crippen molar-refractivity contribution < 1.29 is 9.59 Å². The number of hydrogen-bond acceptors (Lipinski definition) is 2. The average Bonchev–Trinajstić information content (AvgIpc) is 2.46. The van der Waals surface area contributed by atoms with Crippen molar-refractivity contribution in [3.05, 3.63) is 0 Å². The lowest BCUT2D eigenvalue weighted by atomic mass is 10.0. The van der Waals surface area contributed by atoms with Gasteiger partial charge < -0.3 is 10.6 Å². The van der Waals surface area contributed by atoms with Crippen molar-refractivity contribution in [2.45, 2.75) is 43.1 Å². The summed E-state index contributed by atoms with van der Waals surface area (Å²) in [6.45, 7) is 4.71. The van der Waals surface area contributed by atoms with Crippen LogP contribution < -0.4 is 5.73 Å². The van der Waals surface area contributed by atoms with E-state index in [1.165, 1.54) is 0 Å². The molecule has 0 aromatic heterocycles. The molecule has 0 bridgehead atoms.